The average molecular weight is 296 g/mol. The van der Waals surface area contributed by atoms with Gasteiger partial charge in [0.1, 0.15) is 0 Å². The Hall–Kier alpha value is -0.340. The van der Waals surface area contributed by atoms with Crippen molar-refractivity contribution in [3.8, 4) is 0 Å². The van der Waals surface area contributed by atoms with Crippen molar-refractivity contribution >= 4 is 15.9 Å². The molecule has 1 nitrogen and oxygen atoms in total. The summed E-state index contributed by atoms with van der Waals surface area (Å²) in [7, 11) is 0. The number of hydrogen-bond donors (Lipinski definition) is 0. The van der Waals surface area contributed by atoms with Crippen molar-refractivity contribution in [1.82, 2.24) is 4.90 Å². The van der Waals surface area contributed by atoms with E-state index in [0.717, 1.165) is 18.4 Å². The third kappa shape index (κ3) is 3.32. The first-order chi connectivity index (χ1) is 8.06. The van der Waals surface area contributed by atoms with Crippen molar-refractivity contribution in [2.45, 2.75) is 39.8 Å². The second-order valence-electron chi connectivity index (χ2n) is 5.62. The molecule has 1 heterocycles. The minimum atomic E-state index is 0.699. The molecule has 1 fully saturated rings. The van der Waals surface area contributed by atoms with Gasteiger partial charge < -0.3 is 0 Å². The van der Waals surface area contributed by atoms with E-state index in [1.807, 2.05) is 0 Å². The van der Waals surface area contributed by atoms with Crippen LogP contribution >= 0.6 is 15.9 Å². The van der Waals surface area contributed by atoms with Crippen LogP contribution in [0.3, 0.4) is 0 Å². The van der Waals surface area contributed by atoms with E-state index in [4.69, 9.17) is 0 Å². The van der Waals surface area contributed by atoms with E-state index in [0.29, 0.717) is 6.04 Å². The highest BCUT2D eigenvalue weighted by molar-refractivity contribution is 9.10. The number of piperidine rings is 1. The van der Waals surface area contributed by atoms with Crippen molar-refractivity contribution in [2.24, 2.45) is 11.8 Å². The zero-order valence-corrected chi connectivity index (χ0v) is 12.6. The van der Waals surface area contributed by atoms with Crippen LogP contribution < -0.4 is 0 Å². The van der Waals surface area contributed by atoms with Gasteiger partial charge in [-0.1, -0.05) is 41.9 Å². The van der Waals surface area contributed by atoms with Crippen LogP contribution in [-0.2, 0) is 6.54 Å². The molecule has 1 aliphatic rings. The third-order valence-corrected chi connectivity index (χ3v) is 4.49. The van der Waals surface area contributed by atoms with Gasteiger partial charge in [0.05, 0.1) is 0 Å². The Labute approximate surface area is 113 Å². The maximum absolute atomic E-state index is 3.55. The van der Waals surface area contributed by atoms with Gasteiger partial charge in [-0.25, -0.2) is 0 Å². The van der Waals surface area contributed by atoms with Gasteiger partial charge in [-0.05, 0) is 42.9 Å². The Morgan fingerprint density at radius 3 is 2.76 bits per heavy atom. The van der Waals surface area contributed by atoms with Crippen LogP contribution in [0, 0.1) is 11.8 Å². The lowest BCUT2D eigenvalue weighted by Crippen LogP contribution is -2.45. The van der Waals surface area contributed by atoms with Crippen LogP contribution in [0.1, 0.15) is 32.8 Å². The lowest BCUT2D eigenvalue weighted by molar-refractivity contribution is 0.0729. The zero-order valence-electron chi connectivity index (χ0n) is 11.0. The van der Waals surface area contributed by atoms with Crippen LogP contribution in [0.2, 0.25) is 0 Å². The predicted molar refractivity (Wildman–Crippen MR) is 77.0 cm³/mol. The molecular weight excluding hydrogens is 274 g/mol. The van der Waals surface area contributed by atoms with Gasteiger partial charge in [0.2, 0.25) is 0 Å². The number of hydrogen-bond acceptors (Lipinski definition) is 1. The topological polar surface area (TPSA) is 3.24 Å². The first-order valence-corrected chi connectivity index (χ1v) is 7.34. The van der Waals surface area contributed by atoms with E-state index >= 15 is 0 Å². The molecule has 3 unspecified atom stereocenters. The van der Waals surface area contributed by atoms with Crippen LogP contribution in [0.25, 0.3) is 0 Å². The maximum atomic E-state index is 3.55. The Morgan fingerprint density at radius 1 is 1.29 bits per heavy atom. The zero-order chi connectivity index (χ0) is 12.4. The second-order valence-corrected chi connectivity index (χ2v) is 6.53. The van der Waals surface area contributed by atoms with Crippen LogP contribution in [0.4, 0.5) is 0 Å². The fourth-order valence-corrected chi connectivity index (χ4v) is 3.36. The molecule has 1 aliphatic heterocycles. The molecule has 0 spiro atoms. The standard InChI is InChI=1S/C15H22BrN/c1-11-7-12(2)13(3)17(9-11)10-14-5-4-6-15(16)8-14/h4-6,8,11-13H,7,9-10H2,1-3H3. The molecule has 0 amide bonds. The molecule has 94 valence electrons. The summed E-state index contributed by atoms with van der Waals surface area (Å²) in [5, 5.41) is 0. The summed E-state index contributed by atoms with van der Waals surface area (Å²) in [5.41, 5.74) is 1.41. The molecule has 0 saturated carbocycles. The summed E-state index contributed by atoms with van der Waals surface area (Å²) < 4.78 is 1.18. The van der Waals surface area contributed by atoms with Crippen molar-refractivity contribution in [3.63, 3.8) is 0 Å². The molecule has 1 aromatic rings. The molecular formula is C15H22BrN. The van der Waals surface area contributed by atoms with Gasteiger partial charge in [0.15, 0.2) is 0 Å². The third-order valence-electron chi connectivity index (χ3n) is 3.99. The van der Waals surface area contributed by atoms with E-state index in [1.54, 1.807) is 0 Å². The second kappa shape index (κ2) is 5.53. The normalized spacial score (nSPS) is 30.5. The van der Waals surface area contributed by atoms with Gasteiger partial charge in [0.25, 0.3) is 0 Å². The van der Waals surface area contributed by atoms with E-state index in [2.05, 4.69) is 65.9 Å². The van der Waals surface area contributed by atoms with Gasteiger partial charge in [-0.15, -0.1) is 0 Å². The SMILES string of the molecule is CC1CC(C)C(C)N(Cc2cccc(Br)c2)C1. The number of likely N-dealkylation sites (tertiary alicyclic amines) is 1. The Morgan fingerprint density at radius 2 is 2.06 bits per heavy atom. The predicted octanol–water partition coefficient (Wildman–Crippen LogP) is 4.32. The Bertz CT molecular complexity index is 377. The summed E-state index contributed by atoms with van der Waals surface area (Å²) in [6, 6.07) is 9.37. The fraction of sp³-hybridized carbons (Fsp3) is 0.600. The minimum absolute atomic E-state index is 0.699. The van der Waals surface area contributed by atoms with Crippen molar-refractivity contribution in [1.29, 1.82) is 0 Å². The molecule has 0 aliphatic carbocycles. The molecule has 17 heavy (non-hydrogen) atoms. The molecule has 0 aromatic heterocycles. The monoisotopic (exact) mass is 295 g/mol. The highest BCUT2D eigenvalue weighted by atomic mass is 79.9. The van der Waals surface area contributed by atoms with Crippen molar-refractivity contribution in [3.05, 3.63) is 34.3 Å². The molecule has 0 radical (unpaired) electrons. The molecule has 3 atom stereocenters. The molecule has 0 bridgehead atoms. The molecule has 2 heteroatoms. The van der Waals surface area contributed by atoms with Gasteiger partial charge >= 0.3 is 0 Å². The lowest BCUT2D eigenvalue weighted by Gasteiger charge is -2.41. The fourth-order valence-electron chi connectivity index (χ4n) is 2.91. The first-order valence-electron chi connectivity index (χ1n) is 6.54. The van der Waals surface area contributed by atoms with Crippen molar-refractivity contribution in [2.75, 3.05) is 6.54 Å². The average Bonchev–Trinajstić information content (AvgIpc) is 2.25. The highest BCUT2D eigenvalue weighted by Gasteiger charge is 2.28. The van der Waals surface area contributed by atoms with Crippen LogP contribution in [-0.4, -0.2) is 17.5 Å². The Kier molecular flexibility index (Phi) is 4.26. The molecule has 0 N–H and O–H groups in total. The number of benzene rings is 1. The number of rotatable bonds is 2. The van der Waals surface area contributed by atoms with Crippen molar-refractivity contribution < 1.29 is 0 Å². The van der Waals surface area contributed by atoms with Gasteiger partial charge in [-0.3, -0.25) is 4.90 Å². The summed E-state index contributed by atoms with van der Waals surface area (Å²) in [4.78, 5) is 2.63. The quantitative estimate of drug-likeness (QED) is 0.786. The highest BCUT2D eigenvalue weighted by Crippen LogP contribution is 2.28. The van der Waals surface area contributed by atoms with E-state index in [9.17, 15) is 0 Å². The van der Waals surface area contributed by atoms with Crippen LogP contribution in [0.15, 0.2) is 28.7 Å². The van der Waals surface area contributed by atoms with Crippen LogP contribution in [0.5, 0.6) is 0 Å². The number of nitrogens with zero attached hydrogens (tertiary/aromatic N) is 1. The summed E-state index contributed by atoms with van der Waals surface area (Å²) in [6.45, 7) is 9.44. The summed E-state index contributed by atoms with van der Waals surface area (Å²) >= 11 is 3.55. The largest absolute Gasteiger partial charge is 0.296 e. The lowest BCUT2D eigenvalue weighted by atomic mass is 9.86. The minimum Gasteiger partial charge on any atom is -0.296 e. The summed E-state index contributed by atoms with van der Waals surface area (Å²) in [6.07, 6.45) is 1.37. The molecule has 1 aromatic carbocycles. The van der Waals surface area contributed by atoms with Gasteiger partial charge in [0, 0.05) is 23.6 Å². The van der Waals surface area contributed by atoms with E-state index < -0.39 is 0 Å². The smallest absolute Gasteiger partial charge is 0.0237 e. The maximum Gasteiger partial charge on any atom is 0.0237 e. The number of halogens is 1. The summed E-state index contributed by atoms with van der Waals surface area (Å²) in [5.74, 6) is 1.64. The molecule has 2 rings (SSSR count). The Balaban J connectivity index is 2.07. The van der Waals surface area contributed by atoms with Gasteiger partial charge in [-0.2, -0.15) is 0 Å². The van der Waals surface area contributed by atoms with E-state index in [1.165, 1.54) is 23.0 Å². The first kappa shape index (κ1) is 13.1. The molecule has 1 saturated heterocycles. The van der Waals surface area contributed by atoms with E-state index in [-0.39, 0.29) is 0 Å².